The van der Waals surface area contributed by atoms with Crippen molar-refractivity contribution in [2.24, 2.45) is 5.92 Å². The number of ketones is 3. The van der Waals surface area contributed by atoms with Crippen LogP contribution in [0.25, 0.3) is 0 Å². The van der Waals surface area contributed by atoms with E-state index >= 15 is 0 Å². The molecule has 0 aliphatic heterocycles. The maximum atomic E-state index is 12.2. The zero-order chi connectivity index (χ0) is 28.9. The summed E-state index contributed by atoms with van der Waals surface area (Å²) in [5.74, 6) is 1.53. The lowest BCUT2D eigenvalue weighted by molar-refractivity contribution is -0.291. The average Bonchev–Trinajstić information content (AvgIpc) is 2.91. The van der Waals surface area contributed by atoms with Crippen LogP contribution in [0.2, 0.25) is 0 Å². The normalized spacial score (nSPS) is 28.7. The molecule has 40 heavy (non-hydrogen) atoms. The Bertz CT molecular complexity index is 694. The van der Waals surface area contributed by atoms with Crippen LogP contribution in [0.4, 0.5) is 0 Å². The lowest BCUT2D eigenvalue weighted by Gasteiger charge is -2.65. The van der Waals surface area contributed by atoms with E-state index in [0.29, 0.717) is 81.6 Å². The fourth-order valence-electron chi connectivity index (χ4n) is 7.83. The van der Waals surface area contributed by atoms with Gasteiger partial charge in [-0.05, 0) is 63.7 Å². The molecule has 4 bridgehead atoms. The third-order valence-corrected chi connectivity index (χ3v) is 9.37. The van der Waals surface area contributed by atoms with Crippen molar-refractivity contribution in [1.82, 2.24) is 0 Å². The van der Waals surface area contributed by atoms with Gasteiger partial charge in [-0.25, -0.2) is 0 Å². The lowest BCUT2D eigenvalue weighted by Crippen LogP contribution is -2.68. The van der Waals surface area contributed by atoms with Gasteiger partial charge >= 0.3 is 0 Å². The summed E-state index contributed by atoms with van der Waals surface area (Å²) in [4.78, 5) is 36.6. The number of carbonyl (C=O) groups is 3. The van der Waals surface area contributed by atoms with Crippen molar-refractivity contribution in [3.8, 4) is 0 Å². The Morgan fingerprint density at radius 3 is 1.05 bits per heavy atom. The van der Waals surface area contributed by atoms with Crippen LogP contribution in [-0.4, -0.2) is 54.0 Å². The highest BCUT2D eigenvalue weighted by Gasteiger charge is 2.65. The standard InChI is InChI=1S/C34H58O6/c1-4-7-13-29(35)16-10-19-38-32-22-28-23-33(25-32,39-20-11-17-30(36)14-8-5-2)27-34(24-28,26-32)40-21-12-18-31(37)15-9-6-3/h28H,4-27H2,1-3H3. The Hall–Kier alpha value is -1.11. The van der Waals surface area contributed by atoms with Gasteiger partial charge in [0.1, 0.15) is 17.3 Å². The molecule has 0 aromatic heterocycles. The molecule has 4 fully saturated rings. The molecule has 0 saturated heterocycles. The number of hydrogen-bond acceptors (Lipinski definition) is 6. The molecule has 0 aromatic carbocycles. The summed E-state index contributed by atoms with van der Waals surface area (Å²) >= 11 is 0. The van der Waals surface area contributed by atoms with Crippen molar-refractivity contribution >= 4 is 17.3 Å². The summed E-state index contributed by atoms with van der Waals surface area (Å²) in [6.07, 6.45) is 18.0. The fourth-order valence-corrected chi connectivity index (χ4v) is 7.83. The van der Waals surface area contributed by atoms with Crippen molar-refractivity contribution < 1.29 is 28.6 Å². The highest BCUT2D eigenvalue weighted by Crippen LogP contribution is 2.63. The number of Topliss-reactive ketones (excluding diaryl/α,β-unsaturated/α-hetero) is 3. The molecule has 4 aliphatic carbocycles. The summed E-state index contributed by atoms with van der Waals surface area (Å²) < 4.78 is 20.1. The predicted octanol–water partition coefficient (Wildman–Crippen LogP) is 7.87. The summed E-state index contributed by atoms with van der Waals surface area (Å²) in [5, 5.41) is 0. The van der Waals surface area contributed by atoms with Crippen molar-refractivity contribution in [2.75, 3.05) is 19.8 Å². The van der Waals surface area contributed by atoms with Crippen LogP contribution in [-0.2, 0) is 28.6 Å². The first-order valence-electron chi connectivity index (χ1n) is 16.7. The fraction of sp³-hybridized carbons (Fsp3) is 0.912. The molecule has 0 spiro atoms. The molecule has 4 saturated carbocycles. The maximum absolute atomic E-state index is 12.2. The highest BCUT2D eigenvalue weighted by atomic mass is 16.5. The molecule has 6 nitrogen and oxygen atoms in total. The molecule has 0 atom stereocenters. The van der Waals surface area contributed by atoms with Crippen LogP contribution in [0.3, 0.4) is 0 Å². The van der Waals surface area contributed by atoms with Gasteiger partial charge in [0.05, 0.1) is 16.8 Å². The number of unbranched alkanes of at least 4 members (excludes halogenated alkanes) is 3. The minimum absolute atomic E-state index is 0.264. The molecular weight excluding hydrogens is 504 g/mol. The molecule has 4 rings (SSSR count). The van der Waals surface area contributed by atoms with Crippen LogP contribution < -0.4 is 0 Å². The van der Waals surface area contributed by atoms with Gasteiger partial charge in [-0.1, -0.05) is 40.0 Å². The van der Waals surface area contributed by atoms with Gasteiger partial charge < -0.3 is 14.2 Å². The smallest absolute Gasteiger partial charge is 0.132 e. The SMILES string of the molecule is CCCCC(=O)CCCOC12CC3CC(OCCCC(=O)CCCC)(C1)CC(OCCCC(=O)CCCC)(C3)C2. The Morgan fingerprint density at radius 2 is 0.775 bits per heavy atom. The van der Waals surface area contributed by atoms with Gasteiger partial charge in [-0.15, -0.1) is 0 Å². The number of carbonyl (C=O) groups excluding carboxylic acids is 3. The van der Waals surface area contributed by atoms with Crippen molar-refractivity contribution in [1.29, 1.82) is 0 Å². The maximum Gasteiger partial charge on any atom is 0.132 e. The molecule has 0 radical (unpaired) electrons. The first-order valence-corrected chi connectivity index (χ1v) is 16.7. The topological polar surface area (TPSA) is 78.9 Å². The number of hydrogen-bond donors (Lipinski definition) is 0. The van der Waals surface area contributed by atoms with Crippen molar-refractivity contribution in [2.45, 2.75) is 172 Å². The summed E-state index contributed by atoms with van der Waals surface area (Å²) in [7, 11) is 0. The van der Waals surface area contributed by atoms with Crippen LogP contribution in [0.15, 0.2) is 0 Å². The van der Waals surface area contributed by atoms with Crippen molar-refractivity contribution in [3.05, 3.63) is 0 Å². The van der Waals surface area contributed by atoms with Gasteiger partial charge in [0, 0.05) is 77.6 Å². The van der Waals surface area contributed by atoms with Crippen molar-refractivity contribution in [3.63, 3.8) is 0 Å². The van der Waals surface area contributed by atoms with Gasteiger partial charge in [0.2, 0.25) is 0 Å². The third kappa shape index (κ3) is 10.3. The summed E-state index contributed by atoms with van der Waals surface area (Å²) in [6.45, 7) is 8.17. The average molecular weight is 563 g/mol. The molecule has 230 valence electrons. The summed E-state index contributed by atoms with van der Waals surface area (Å²) in [6, 6.07) is 0. The van der Waals surface area contributed by atoms with E-state index in [4.69, 9.17) is 14.2 Å². The molecule has 0 aromatic rings. The minimum Gasteiger partial charge on any atom is -0.375 e. The minimum atomic E-state index is -0.264. The molecule has 0 unspecified atom stereocenters. The van der Waals surface area contributed by atoms with E-state index < -0.39 is 0 Å². The quantitative estimate of drug-likeness (QED) is 0.111. The molecule has 4 aliphatic rings. The van der Waals surface area contributed by atoms with Gasteiger partial charge in [-0.3, -0.25) is 14.4 Å². The zero-order valence-electron chi connectivity index (χ0n) is 26.0. The summed E-state index contributed by atoms with van der Waals surface area (Å²) in [5.41, 5.74) is -0.792. The predicted molar refractivity (Wildman–Crippen MR) is 159 cm³/mol. The number of ether oxygens (including phenoxy) is 3. The Labute approximate surface area is 244 Å². The van der Waals surface area contributed by atoms with Crippen LogP contribution in [0, 0.1) is 5.92 Å². The van der Waals surface area contributed by atoms with E-state index in [1.54, 1.807) is 0 Å². The van der Waals surface area contributed by atoms with E-state index in [1.165, 1.54) is 0 Å². The first-order chi connectivity index (χ1) is 19.3. The third-order valence-electron chi connectivity index (χ3n) is 9.37. The molecule has 6 heteroatoms. The van der Waals surface area contributed by atoms with E-state index in [9.17, 15) is 14.4 Å². The Balaban J connectivity index is 1.58. The number of rotatable bonds is 24. The Kier molecular flexibility index (Phi) is 13.8. The lowest BCUT2D eigenvalue weighted by atomic mass is 9.50. The highest BCUT2D eigenvalue weighted by molar-refractivity contribution is 5.78. The van der Waals surface area contributed by atoms with E-state index in [2.05, 4.69) is 20.8 Å². The van der Waals surface area contributed by atoms with E-state index in [0.717, 1.165) is 96.3 Å². The second kappa shape index (κ2) is 16.5. The second-order valence-corrected chi connectivity index (χ2v) is 13.3. The van der Waals surface area contributed by atoms with Crippen LogP contribution in [0.1, 0.15) is 156 Å². The second-order valence-electron chi connectivity index (χ2n) is 13.3. The molecule has 0 heterocycles. The Morgan fingerprint density at radius 1 is 0.500 bits per heavy atom. The van der Waals surface area contributed by atoms with Gasteiger partial charge in [0.25, 0.3) is 0 Å². The zero-order valence-corrected chi connectivity index (χ0v) is 26.0. The monoisotopic (exact) mass is 562 g/mol. The largest absolute Gasteiger partial charge is 0.375 e. The van der Waals surface area contributed by atoms with Gasteiger partial charge in [0.15, 0.2) is 0 Å². The molecule has 0 N–H and O–H groups in total. The molecular formula is C34H58O6. The van der Waals surface area contributed by atoms with Crippen LogP contribution in [0.5, 0.6) is 0 Å². The van der Waals surface area contributed by atoms with E-state index in [1.807, 2.05) is 0 Å². The van der Waals surface area contributed by atoms with Gasteiger partial charge in [-0.2, -0.15) is 0 Å². The molecule has 0 amide bonds. The van der Waals surface area contributed by atoms with Crippen LogP contribution >= 0.6 is 0 Å². The first kappa shape index (κ1) is 33.4. The van der Waals surface area contributed by atoms with E-state index in [-0.39, 0.29) is 16.8 Å².